The highest BCUT2D eigenvalue weighted by Gasteiger charge is 2.02. The Labute approximate surface area is 80.7 Å². The number of aryl methyl sites for hydroxylation is 2. The van der Waals surface area contributed by atoms with Crippen molar-refractivity contribution >= 4 is 27.5 Å². The standard InChI is InChI=1S/C9H10BrCl/c1-6-3-7(2)8(5-10)9(11)4-6/h3-4H,5H2,1-2H3. The van der Waals surface area contributed by atoms with Crippen LogP contribution in [0.5, 0.6) is 0 Å². The lowest BCUT2D eigenvalue weighted by Gasteiger charge is -2.05. The van der Waals surface area contributed by atoms with Crippen molar-refractivity contribution in [3.63, 3.8) is 0 Å². The van der Waals surface area contributed by atoms with Gasteiger partial charge < -0.3 is 0 Å². The summed E-state index contributed by atoms with van der Waals surface area (Å²) in [6.07, 6.45) is 0. The van der Waals surface area contributed by atoms with E-state index in [2.05, 4.69) is 35.8 Å². The van der Waals surface area contributed by atoms with E-state index >= 15 is 0 Å². The van der Waals surface area contributed by atoms with Crippen LogP contribution in [-0.2, 0) is 5.33 Å². The van der Waals surface area contributed by atoms with Gasteiger partial charge in [-0.2, -0.15) is 0 Å². The number of rotatable bonds is 1. The second-order valence-corrected chi connectivity index (χ2v) is 3.64. The van der Waals surface area contributed by atoms with E-state index in [-0.39, 0.29) is 0 Å². The van der Waals surface area contributed by atoms with Gasteiger partial charge >= 0.3 is 0 Å². The Balaban J connectivity index is 3.25. The molecule has 0 aromatic heterocycles. The molecule has 1 rings (SSSR count). The van der Waals surface area contributed by atoms with Crippen LogP contribution in [0.15, 0.2) is 12.1 Å². The first-order valence-electron chi connectivity index (χ1n) is 3.46. The molecule has 2 heteroatoms. The Bertz CT molecular complexity index is 245. The largest absolute Gasteiger partial charge is 0.0876 e. The van der Waals surface area contributed by atoms with Crippen LogP contribution >= 0.6 is 27.5 Å². The van der Waals surface area contributed by atoms with Crippen LogP contribution in [0.3, 0.4) is 0 Å². The van der Waals surface area contributed by atoms with E-state index in [1.807, 2.05) is 6.07 Å². The van der Waals surface area contributed by atoms with Gasteiger partial charge in [-0.15, -0.1) is 0 Å². The fraction of sp³-hybridized carbons (Fsp3) is 0.333. The van der Waals surface area contributed by atoms with Crippen molar-refractivity contribution in [1.82, 2.24) is 0 Å². The predicted octanol–water partition coefficient (Wildman–Crippen LogP) is 3.85. The summed E-state index contributed by atoms with van der Waals surface area (Å²) in [7, 11) is 0. The highest BCUT2D eigenvalue weighted by molar-refractivity contribution is 9.08. The molecule has 0 heterocycles. The molecule has 0 aliphatic heterocycles. The molecule has 1 aromatic carbocycles. The van der Waals surface area contributed by atoms with Gasteiger partial charge in [0.1, 0.15) is 0 Å². The highest BCUT2D eigenvalue weighted by Crippen LogP contribution is 2.23. The Morgan fingerprint density at radius 3 is 2.45 bits per heavy atom. The highest BCUT2D eigenvalue weighted by atomic mass is 79.9. The van der Waals surface area contributed by atoms with Crippen molar-refractivity contribution in [1.29, 1.82) is 0 Å². The van der Waals surface area contributed by atoms with Crippen LogP contribution in [0, 0.1) is 13.8 Å². The minimum atomic E-state index is 0.831. The van der Waals surface area contributed by atoms with E-state index in [1.54, 1.807) is 0 Å². The predicted molar refractivity (Wildman–Crippen MR) is 53.6 cm³/mol. The van der Waals surface area contributed by atoms with Gasteiger partial charge in [-0.05, 0) is 36.6 Å². The molecule has 0 bridgehead atoms. The van der Waals surface area contributed by atoms with E-state index < -0.39 is 0 Å². The molecule has 0 amide bonds. The monoisotopic (exact) mass is 232 g/mol. The first-order chi connectivity index (χ1) is 5.15. The van der Waals surface area contributed by atoms with Crippen LogP contribution in [0.4, 0.5) is 0 Å². The van der Waals surface area contributed by atoms with Gasteiger partial charge in [-0.25, -0.2) is 0 Å². The van der Waals surface area contributed by atoms with Crippen molar-refractivity contribution in [3.05, 3.63) is 33.8 Å². The first kappa shape index (κ1) is 9.08. The second kappa shape index (κ2) is 3.59. The molecule has 0 saturated carbocycles. The fourth-order valence-electron chi connectivity index (χ4n) is 1.11. The molecule has 1 aromatic rings. The molecule has 0 unspecified atom stereocenters. The van der Waals surface area contributed by atoms with Crippen LogP contribution in [0.1, 0.15) is 16.7 Å². The maximum Gasteiger partial charge on any atom is 0.0451 e. The molecule has 0 spiro atoms. The van der Waals surface area contributed by atoms with E-state index in [9.17, 15) is 0 Å². The molecule has 0 fully saturated rings. The molecular formula is C9H10BrCl. The first-order valence-corrected chi connectivity index (χ1v) is 4.96. The van der Waals surface area contributed by atoms with Crippen molar-refractivity contribution in [2.45, 2.75) is 19.2 Å². The van der Waals surface area contributed by atoms with Gasteiger partial charge in [0.2, 0.25) is 0 Å². The van der Waals surface area contributed by atoms with Crippen LogP contribution < -0.4 is 0 Å². The number of halogens is 2. The summed E-state index contributed by atoms with van der Waals surface area (Å²) in [6.45, 7) is 4.13. The number of benzene rings is 1. The molecule has 0 N–H and O–H groups in total. The topological polar surface area (TPSA) is 0 Å². The zero-order valence-electron chi connectivity index (χ0n) is 6.62. The molecule has 0 aliphatic carbocycles. The van der Waals surface area contributed by atoms with Gasteiger partial charge in [0, 0.05) is 10.4 Å². The lowest BCUT2D eigenvalue weighted by Crippen LogP contribution is -1.87. The van der Waals surface area contributed by atoms with E-state index in [1.165, 1.54) is 16.7 Å². The molecule has 0 nitrogen and oxygen atoms in total. The maximum absolute atomic E-state index is 6.00. The summed E-state index contributed by atoms with van der Waals surface area (Å²) < 4.78 is 0. The summed E-state index contributed by atoms with van der Waals surface area (Å²) in [6, 6.07) is 4.13. The summed E-state index contributed by atoms with van der Waals surface area (Å²) in [5, 5.41) is 1.69. The minimum Gasteiger partial charge on any atom is -0.0876 e. The van der Waals surface area contributed by atoms with Gasteiger partial charge in [-0.1, -0.05) is 33.6 Å². The zero-order valence-corrected chi connectivity index (χ0v) is 8.96. The smallest absolute Gasteiger partial charge is 0.0451 e. The van der Waals surface area contributed by atoms with Crippen molar-refractivity contribution in [2.24, 2.45) is 0 Å². The van der Waals surface area contributed by atoms with E-state index in [0.717, 1.165) is 10.4 Å². The van der Waals surface area contributed by atoms with E-state index in [4.69, 9.17) is 11.6 Å². The normalized spacial score (nSPS) is 10.2. The number of alkyl halides is 1. The Hall–Kier alpha value is -0.0100. The number of hydrogen-bond donors (Lipinski definition) is 0. The lowest BCUT2D eigenvalue weighted by molar-refractivity contribution is 1.28. The Morgan fingerprint density at radius 1 is 1.36 bits per heavy atom. The third-order valence-corrected chi connectivity index (χ3v) is 2.59. The number of hydrogen-bond acceptors (Lipinski definition) is 0. The summed E-state index contributed by atoms with van der Waals surface area (Å²) in [4.78, 5) is 0. The summed E-state index contributed by atoms with van der Waals surface area (Å²) in [5.74, 6) is 0. The van der Waals surface area contributed by atoms with Crippen LogP contribution in [0.2, 0.25) is 5.02 Å². The molecule has 0 aliphatic rings. The van der Waals surface area contributed by atoms with Crippen molar-refractivity contribution in [2.75, 3.05) is 0 Å². The zero-order chi connectivity index (χ0) is 8.43. The Kier molecular flexibility index (Phi) is 2.97. The lowest BCUT2D eigenvalue weighted by atomic mass is 10.1. The SMILES string of the molecule is Cc1cc(C)c(CBr)c(Cl)c1. The van der Waals surface area contributed by atoms with Crippen molar-refractivity contribution in [3.8, 4) is 0 Å². The quantitative estimate of drug-likeness (QED) is 0.646. The second-order valence-electron chi connectivity index (χ2n) is 2.68. The minimum absolute atomic E-state index is 0.831. The molecule has 11 heavy (non-hydrogen) atoms. The maximum atomic E-state index is 6.00. The average Bonchev–Trinajstić information content (AvgIpc) is 1.85. The molecule has 0 atom stereocenters. The fourth-order valence-corrected chi connectivity index (χ4v) is 2.41. The third-order valence-electron chi connectivity index (χ3n) is 1.70. The van der Waals surface area contributed by atoms with Gasteiger partial charge in [0.25, 0.3) is 0 Å². The molecule has 60 valence electrons. The van der Waals surface area contributed by atoms with Gasteiger partial charge in [0.15, 0.2) is 0 Å². The summed E-state index contributed by atoms with van der Waals surface area (Å²) >= 11 is 9.40. The van der Waals surface area contributed by atoms with Crippen LogP contribution in [0.25, 0.3) is 0 Å². The average molecular weight is 234 g/mol. The molecule has 0 radical (unpaired) electrons. The van der Waals surface area contributed by atoms with Gasteiger partial charge in [-0.3, -0.25) is 0 Å². The third kappa shape index (κ3) is 1.97. The summed E-state index contributed by atoms with van der Waals surface area (Å²) in [5.41, 5.74) is 3.67. The van der Waals surface area contributed by atoms with E-state index in [0.29, 0.717) is 0 Å². The Morgan fingerprint density at radius 2 is 2.00 bits per heavy atom. The molecular weight excluding hydrogens is 223 g/mol. The van der Waals surface area contributed by atoms with Gasteiger partial charge in [0.05, 0.1) is 0 Å². The van der Waals surface area contributed by atoms with Crippen LogP contribution in [-0.4, -0.2) is 0 Å². The van der Waals surface area contributed by atoms with Crippen molar-refractivity contribution < 1.29 is 0 Å². The molecule has 0 saturated heterocycles.